The molecule has 15 heavy (non-hydrogen) atoms. The molecule has 0 fully saturated rings. The Kier molecular flexibility index (Phi) is 6.64. The maximum absolute atomic E-state index is 11.4. The number of rotatable bonds is 6. The van der Waals surface area contributed by atoms with E-state index in [0.717, 1.165) is 0 Å². The summed E-state index contributed by atoms with van der Waals surface area (Å²) in [4.78, 5) is 25.4. The molecule has 0 aromatic rings. The van der Waals surface area contributed by atoms with Crippen molar-refractivity contribution in [2.45, 2.75) is 0 Å². The minimum absolute atomic E-state index is 0.0333. The van der Waals surface area contributed by atoms with Gasteiger partial charge in [-0.1, -0.05) is 0 Å². The van der Waals surface area contributed by atoms with E-state index < -0.39 is 0 Å². The zero-order chi connectivity index (χ0) is 11.8. The third kappa shape index (κ3) is 6.03. The average molecular weight is 217 g/mol. The van der Waals surface area contributed by atoms with Gasteiger partial charge in [-0.2, -0.15) is 0 Å². The van der Waals surface area contributed by atoms with Crippen molar-refractivity contribution in [1.29, 1.82) is 0 Å². The second-order valence-electron chi connectivity index (χ2n) is 3.38. The fraction of sp³-hybridized carbons (Fsp3) is 0.778. The van der Waals surface area contributed by atoms with E-state index in [0.29, 0.717) is 13.2 Å². The van der Waals surface area contributed by atoms with Crippen molar-refractivity contribution in [2.75, 3.05) is 47.4 Å². The number of hydrogen-bond acceptors (Lipinski definition) is 4. The number of ether oxygens (including phenoxy) is 1. The van der Waals surface area contributed by atoms with Crippen LogP contribution in [0.25, 0.3) is 0 Å². The van der Waals surface area contributed by atoms with Gasteiger partial charge in [0.2, 0.25) is 11.8 Å². The normalized spacial score (nSPS) is 9.87. The highest BCUT2D eigenvalue weighted by molar-refractivity contribution is 5.84. The molecule has 2 amide bonds. The van der Waals surface area contributed by atoms with Gasteiger partial charge in [-0.25, -0.2) is 0 Å². The monoisotopic (exact) mass is 217 g/mol. The van der Waals surface area contributed by atoms with E-state index in [1.54, 1.807) is 21.1 Å². The third-order valence-corrected chi connectivity index (χ3v) is 1.78. The molecule has 0 unspecified atom stereocenters. The van der Waals surface area contributed by atoms with E-state index in [4.69, 9.17) is 10.5 Å². The topological polar surface area (TPSA) is 75.9 Å². The molecular weight excluding hydrogens is 198 g/mol. The van der Waals surface area contributed by atoms with Crippen molar-refractivity contribution < 1.29 is 14.3 Å². The highest BCUT2D eigenvalue weighted by Gasteiger charge is 2.13. The minimum atomic E-state index is -0.223. The molecule has 0 saturated heterocycles. The number of nitrogens with zero attached hydrogens (tertiary/aromatic N) is 2. The predicted octanol–water partition coefficient (Wildman–Crippen LogP) is -1.49. The van der Waals surface area contributed by atoms with Crippen LogP contribution < -0.4 is 5.73 Å². The second kappa shape index (κ2) is 7.19. The Hall–Kier alpha value is -1.14. The standard InChI is InChI=1S/C9H19N3O3/c1-11(2)8(13)6-12(3)9(14)7-15-5-4-10/h4-7,10H2,1-3H3. The maximum Gasteiger partial charge on any atom is 0.248 e. The summed E-state index contributed by atoms with van der Waals surface area (Å²) < 4.78 is 4.97. The molecule has 0 radical (unpaired) electrons. The van der Waals surface area contributed by atoms with Crippen LogP contribution in [0.4, 0.5) is 0 Å². The van der Waals surface area contributed by atoms with Crippen LogP contribution >= 0.6 is 0 Å². The lowest BCUT2D eigenvalue weighted by atomic mass is 10.4. The molecule has 0 rings (SSSR count). The zero-order valence-electron chi connectivity index (χ0n) is 9.52. The Bertz CT molecular complexity index is 219. The Morgan fingerprint density at radius 3 is 2.27 bits per heavy atom. The number of hydrogen-bond donors (Lipinski definition) is 1. The summed E-state index contributed by atoms with van der Waals surface area (Å²) in [5, 5.41) is 0. The van der Waals surface area contributed by atoms with Gasteiger partial charge in [-0.05, 0) is 0 Å². The van der Waals surface area contributed by atoms with Gasteiger partial charge in [0.25, 0.3) is 0 Å². The summed E-state index contributed by atoms with van der Waals surface area (Å²) in [6.45, 7) is 0.765. The molecule has 0 saturated carbocycles. The van der Waals surface area contributed by atoms with Gasteiger partial charge in [-0.15, -0.1) is 0 Å². The van der Waals surface area contributed by atoms with Gasteiger partial charge in [-0.3, -0.25) is 9.59 Å². The summed E-state index contributed by atoms with van der Waals surface area (Å²) in [7, 11) is 4.85. The Morgan fingerprint density at radius 1 is 1.20 bits per heavy atom. The van der Waals surface area contributed by atoms with Gasteiger partial charge in [0.15, 0.2) is 0 Å². The first kappa shape index (κ1) is 13.9. The van der Waals surface area contributed by atoms with Crippen molar-refractivity contribution in [2.24, 2.45) is 5.73 Å². The number of carbonyl (C=O) groups excluding carboxylic acids is 2. The molecule has 6 nitrogen and oxygen atoms in total. The van der Waals surface area contributed by atoms with E-state index in [9.17, 15) is 9.59 Å². The quantitative estimate of drug-likeness (QED) is 0.550. The highest BCUT2D eigenvalue weighted by atomic mass is 16.5. The molecular formula is C9H19N3O3. The first-order valence-electron chi connectivity index (χ1n) is 4.71. The summed E-state index contributed by atoms with van der Waals surface area (Å²) in [5.41, 5.74) is 5.20. The second-order valence-corrected chi connectivity index (χ2v) is 3.38. The van der Waals surface area contributed by atoms with E-state index in [1.807, 2.05) is 0 Å². The largest absolute Gasteiger partial charge is 0.370 e. The average Bonchev–Trinajstić information content (AvgIpc) is 2.17. The summed E-state index contributed by atoms with van der Waals surface area (Å²) in [6, 6.07) is 0. The lowest BCUT2D eigenvalue weighted by Crippen LogP contribution is -2.39. The molecule has 2 N–H and O–H groups in total. The molecule has 0 bridgehead atoms. The van der Waals surface area contributed by atoms with Crippen LogP contribution in [0.15, 0.2) is 0 Å². The molecule has 0 spiro atoms. The number of amides is 2. The fourth-order valence-corrected chi connectivity index (χ4v) is 0.785. The molecule has 88 valence electrons. The van der Waals surface area contributed by atoms with Crippen molar-refractivity contribution >= 4 is 11.8 Å². The molecule has 6 heteroatoms. The van der Waals surface area contributed by atoms with Crippen LogP contribution in [0.5, 0.6) is 0 Å². The van der Waals surface area contributed by atoms with Crippen LogP contribution in [0, 0.1) is 0 Å². The van der Waals surface area contributed by atoms with Gasteiger partial charge < -0.3 is 20.3 Å². The van der Waals surface area contributed by atoms with E-state index >= 15 is 0 Å². The van der Waals surface area contributed by atoms with Crippen molar-refractivity contribution in [3.8, 4) is 0 Å². The third-order valence-electron chi connectivity index (χ3n) is 1.78. The van der Waals surface area contributed by atoms with Gasteiger partial charge in [0.05, 0.1) is 13.2 Å². The SMILES string of the molecule is CN(C)C(=O)CN(C)C(=O)COCCN. The summed E-state index contributed by atoms with van der Waals surface area (Å²) in [6.07, 6.45) is 0. The van der Waals surface area contributed by atoms with Crippen molar-refractivity contribution in [3.05, 3.63) is 0 Å². The van der Waals surface area contributed by atoms with Crippen molar-refractivity contribution in [1.82, 2.24) is 9.80 Å². The van der Waals surface area contributed by atoms with Crippen LogP contribution in [0.3, 0.4) is 0 Å². The predicted molar refractivity (Wildman–Crippen MR) is 56.2 cm³/mol. The first-order chi connectivity index (χ1) is 6.99. The lowest BCUT2D eigenvalue weighted by molar-refractivity contribution is -0.140. The zero-order valence-corrected chi connectivity index (χ0v) is 9.52. The minimum Gasteiger partial charge on any atom is -0.370 e. The first-order valence-corrected chi connectivity index (χ1v) is 4.71. The van der Waals surface area contributed by atoms with E-state index in [2.05, 4.69) is 0 Å². The Morgan fingerprint density at radius 2 is 1.80 bits per heavy atom. The molecule has 0 atom stereocenters. The van der Waals surface area contributed by atoms with Gasteiger partial charge in [0, 0.05) is 27.7 Å². The van der Waals surface area contributed by atoms with E-state index in [1.165, 1.54) is 9.80 Å². The lowest BCUT2D eigenvalue weighted by Gasteiger charge is -2.19. The van der Waals surface area contributed by atoms with Crippen molar-refractivity contribution in [3.63, 3.8) is 0 Å². The molecule has 0 aliphatic carbocycles. The molecule has 0 aliphatic heterocycles. The van der Waals surface area contributed by atoms with Crippen LogP contribution in [0.2, 0.25) is 0 Å². The van der Waals surface area contributed by atoms with E-state index in [-0.39, 0.29) is 25.0 Å². The maximum atomic E-state index is 11.4. The van der Waals surface area contributed by atoms with Crippen LogP contribution in [-0.2, 0) is 14.3 Å². The molecule has 0 aliphatic rings. The van der Waals surface area contributed by atoms with Gasteiger partial charge in [0.1, 0.15) is 6.61 Å². The molecule has 0 aromatic carbocycles. The van der Waals surface area contributed by atoms with Gasteiger partial charge >= 0.3 is 0 Å². The van der Waals surface area contributed by atoms with Crippen LogP contribution in [0.1, 0.15) is 0 Å². The number of likely N-dealkylation sites (N-methyl/N-ethyl adjacent to an activating group) is 2. The summed E-state index contributed by atoms with van der Waals surface area (Å²) >= 11 is 0. The molecule has 0 heterocycles. The smallest absolute Gasteiger partial charge is 0.248 e. The fourth-order valence-electron chi connectivity index (χ4n) is 0.785. The van der Waals surface area contributed by atoms with Crippen LogP contribution in [-0.4, -0.2) is 69.1 Å². The Labute approximate surface area is 90.0 Å². The number of carbonyl (C=O) groups is 2. The number of nitrogens with two attached hydrogens (primary N) is 1. The highest BCUT2D eigenvalue weighted by Crippen LogP contribution is 1.89. The Balaban J connectivity index is 3.83. The molecule has 0 aromatic heterocycles. The summed E-state index contributed by atoms with van der Waals surface area (Å²) in [5.74, 6) is -0.344.